The number of hydrogen-bond acceptors (Lipinski definition) is 4. The molecular formula is C26H27N3O4. The lowest BCUT2D eigenvalue weighted by atomic mass is 10.00. The quantitative estimate of drug-likeness (QED) is 0.400. The van der Waals surface area contributed by atoms with Crippen molar-refractivity contribution in [2.24, 2.45) is 0 Å². The van der Waals surface area contributed by atoms with Gasteiger partial charge < -0.3 is 10.2 Å². The fourth-order valence-electron chi connectivity index (χ4n) is 3.79. The summed E-state index contributed by atoms with van der Waals surface area (Å²) < 4.78 is 0. The number of carbonyl (C=O) groups is 2. The number of nitrogens with zero attached hydrogens (tertiary/aromatic N) is 2. The van der Waals surface area contributed by atoms with Gasteiger partial charge >= 0.3 is 0 Å². The van der Waals surface area contributed by atoms with Crippen molar-refractivity contribution in [3.8, 4) is 0 Å². The third kappa shape index (κ3) is 6.04. The van der Waals surface area contributed by atoms with Gasteiger partial charge in [0.2, 0.25) is 11.8 Å². The first-order valence-electron chi connectivity index (χ1n) is 10.7. The Morgan fingerprint density at radius 1 is 0.939 bits per heavy atom. The molecule has 3 rings (SSSR count). The van der Waals surface area contributed by atoms with Gasteiger partial charge in [0.1, 0.15) is 6.04 Å². The van der Waals surface area contributed by atoms with E-state index in [1.54, 1.807) is 25.2 Å². The highest BCUT2D eigenvalue weighted by Gasteiger charge is 2.31. The maximum atomic E-state index is 13.6. The van der Waals surface area contributed by atoms with Crippen LogP contribution in [0.4, 0.5) is 5.69 Å². The molecule has 33 heavy (non-hydrogen) atoms. The van der Waals surface area contributed by atoms with E-state index in [9.17, 15) is 19.7 Å². The summed E-state index contributed by atoms with van der Waals surface area (Å²) in [6.45, 7) is 2.17. The van der Waals surface area contributed by atoms with Crippen LogP contribution in [0, 0.1) is 17.0 Å². The molecule has 0 fully saturated rings. The summed E-state index contributed by atoms with van der Waals surface area (Å²) in [5.41, 5.74) is 3.03. The van der Waals surface area contributed by atoms with E-state index < -0.39 is 11.0 Å². The average molecular weight is 446 g/mol. The van der Waals surface area contributed by atoms with E-state index in [-0.39, 0.29) is 30.5 Å². The van der Waals surface area contributed by atoms with E-state index in [1.807, 2.05) is 61.5 Å². The Hall–Kier alpha value is -4.00. The zero-order chi connectivity index (χ0) is 23.8. The van der Waals surface area contributed by atoms with E-state index >= 15 is 0 Å². The highest BCUT2D eigenvalue weighted by Crippen LogP contribution is 2.22. The number of rotatable bonds is 9. The topological polar surface area (TPSA) is 92.6 Å². The lowest BCUT2D eigenvalue weighted by molar-refractivity contribution is -0.385. The van der Waals surface area contributed by atoms with Gasteiger partial charge in [-0.2, -0.15) is 0 Å². The summed E-state index contributed by atoms with van der Waals surface area (Å²) in [4.78, 5) is 39.0. The molecule has 2 amide bonds. The Morgan fingerprint density at radius 3 is 2.18 bits per heavy atom. The monoisotopic (exact) mass is 445 g/mol. The van der Waals surface area contributed by atoms with Gasteiger partial charge in [-0.25, -0.2) is 0 Å². The van der Waals surface area contributed by atoms with Gasteiger partial charge in [0, 0.05) is 31.6 Å². The molecule has 7 nitrogen and oxygen atoms in total. The molecule has 170 valence electrons. The molecule has 0 saturated heterocycles. The largest absolute Gasteiger partial charge is 0.357 e. The van der Waals surface area contributed by atoms with Crippen LogP contribution in [0.5, 0.6) is 0 Å². The maximum absolute atomic E-state index is 13.6. The molecule has 0 aliphatic heterocycles. The molecule has 0 aliphatic rings. The molecule has 7 heteroatoms. The summed E-state index contributed by atoms with van der Waals surface area (Å²) in [7, 11) is 1.54. The first-order chi connectivity index (χ1) is 15.9. The van der Waals surface area contributed by atoms with Gasteiger partial charge in [-0.1, -0.05) is 72.8 Å². The van der Waals surface area contributed by atoms with Crippen molar-refractivity contribution in [2.45, 2.75) is 32.4 Å². The van der Waals surface area contributed by atoms with E-state index in [1.165, 1.54) is 11.0 Å². The molecule has 3 aromatic rings. The molecule has 0 radical (unpaired) electrons. The first-order valence-corrected chi connectivity index (χ1v) is 10.7. The average Bonchev–Trinajstić information content (AvgIpc) is 2.82. The molecule has 3 aromatic carbocycles. The van der Waals surface area contributed by atoms with E-state index in [4.69, 9.17) is 0 Å². The fourth-order valence-corrected chi connectivity index (χ4v) is 3.79. The molecular weight excluding hydrogens is 418 g/mol. The Labute approximate surface area is 193 Å². The second kappa shape index (κ2) is 11.0. The van der Waals surface area contributed by atoms with Crippen molar-refractivity contribution in [2.75, 3.05) is 7.05 Å². The van der Waals surface area contributed by atoms with Crippen LogP contribution in [0.25, 0.3) is 0 Å². The van der Waals surface area contributed by atoms with Gasteiger partial charge in [0.05, 0.1) is 11.3 Å². The summed E-state index contributed by atoms with van der Waals surface area (Å²) in [6.07, 6.45) is 0.153. The number of likely N-dealkylation sites (N-methyl/N-ethyl adjacent to an activating group) is 1. The van der Waals surface area contributed by atoms with Crippen molar-refractivity contribution < 1.29 is 14.5 Å². The predicted molar refractivity (Wildman–Crippen MR) is 127 cm³/mol. The number of benzene rings is 3. The minimum absolute atomic E-state index is 0.110. The number of nitro benzene ring substituents is 1. The van der Waals surface area contributed by atoms with Crippen LogP contribution in [0.1, 0.15) is 22.3 Å². The summed E-state index contributed by atoms with van der Waals surface area (Å²) in [5.74, 6) is -0.638. The van der Waals surface area contributed by atoms with Gasteiger partial charge in [0.15, 0.2) is 0 Å². The van der Waals surface area contributed by atoms with Crippen LogP contribution in [-0.4, -0.2) is 34.7 Å². The molecule has 0 aromatic heterocycles. The van der Waals surface area contributed by atoms with Crippen molar-refractivity contribution >= 4 is 17.5 Å². The molecule has 0 saturated carbocycles. The zero-order valence-electron chi connectivity index (χ0n) is 18.7. The summed E-state index contributed by atoms with van der Waals surface area (Å²) in [5, 5.41) is 14.1. The van der Waals surface area contributed by atoms with Gasteiger partial charge in [-0.05, 0) is 23.6 Å². The molecule has 1 atom stereocenters. The van der Waals surface area contributed by atoms with Crippen LogP contribution in [0.15, 0.2) is 78.9 Å². The number of nitrogens with one attached hydrogen (secondary N) is 1. The van der Waals surface area contributed by atoms with E-state index in [0.29, 0.717) is 12.0 Å². The first kappa shape index (κ1) is 23.7. The lowest BCUT2D eigenvalue weighted by Gasteiger charge is -2.31. The highest BCUT2D eigenvalue weighted by molar-refractivity contribution is 5.89. The van der Waals surface area contributed by atoms with E-state index in [2.05, 4.69) is 5.32 Å². The van der Waals surface area contributed by atoms with Crippen LogP contribution >= 0.6 is 0 Å². The Balaban J connectivity index is 2.00. The summed E-state index contributed by atoms with van der Waals surface area (Å²) in [6, 6.07) is 22.6. The Bertz CT molecular complexity index is 1130. The standard InChI is InChI=1S/C26H27N3O4/c1-19-10-6-7-14-22(19)18-28(24(26(31)27-2)16-20-11-4-3-5-12-20)25(30)17-21-13-8-9-15-23(21)29(32)33/h3-15,24H,16-18H2,1-2H3,(H,27,31). The molecule has 0 aliphatic carbocycles. The number of para-hydroxylation sites is 1. The van der Waals surface area contributed by atoms with Crippen molar-refractivity contribution in [3.05, 3.63) is 111 Å². The molecule has 0 bridgehead atoms. The normalized spacial score (nSPS) is 11.5. The minimum atomic E-state index is -0.771. The summed E-state index contributed by atoms with van der Waals surface area (Å²) >= 11 is 0. The van der Waals surface area contributed by atoms with E-state index in [0.717, 1.165) is 16.7 Å². The molecule has 1 N–H and O–H groups in total. The maximum Gasteiger partial charge on any atom is 0.273 e. The zero-order valence-corrected chi connectivity index (χ0v) is 18.7. The highest BCUT2D eigenvalue weighted by atomic mass is 16.6. The fraction of sp³-hybridized carbons (Fsp3) is 0.231. The number of carbonyl (C=O) groups excluding carboxylic acids is 2. The predicted octanol–water partition coefficient (Wildman–Crippen LogP) is 3.83. The number of nitro groups is 1. The van der Waals surface area contributed by atoms with Crippen LogP contribution in [0.3, 0.4) is 0 Å². The lowest BCUT2D eigenvalue weighted by Crippen LogP contribution is -2.50. The molecule has 0 heterocycles. The third-order valence-electron chi connectivity index (χ3n) is 5.65. The SMILES string of the molecule is CNC(=O)C(Cc1ccccc1)N(Cc1ccccc1C)C(=O)Cc1ccccc1[N+](=O)[O-]. The smallest absolute Gasteiger partial charge is 0.273 e. The van der Waals surface area contributed by atoms with Crippen molar-refractivity contribution in [1.29, 1.82) is 0 Å². The molecule has 1 unspecified atom stereocenters. The number of amides is 2. The van der Waals surface area contributed by atoms with Crippen molar-refractivity contribution in [3.63, 3.8) is 0 Å². The number of hydrogen-bond donors (Lipinski definition) is 1. The second-order valence-corrected chi connectivity index (χ2v) is 7.83. The van der Waals surface area contributed by atoms with Gasteiger partial charge in [-0.15, -0.1) is 0 Å². The second-order valence-electron chi connectivity index (χ2n) is 7.83. The van der Waals surface area contributed by atoms with Crippen molar-refractivity contribution in [1.82, 2.24) is 10.2 Å². The van der Waals surface area contributed by atoms with Gasteiger partial charge in [0.25, 0.3) is 5.69 Å². The Kier molecular flexibility index (Phi) is 7.91. The van der Waals surface area contributed by atoms with Crippen LogP contribution < -0.4 is 5.32 Å². The molecule has 0 spiro atoms. The van der Waals surface area contributed by atoms with Crippen LogP contribution in [-0.2, 0) is 29.0 Å². The number of aryl methyl sites for hydroxylation is 1. The van der Waals surface area contributed by atoms with Crippen LogP contribution in [0.2, 0.25) is 0 Å². The Morgan fingerprint density at radius 2 is 1.55 bits per heavy atom. The minimum Gasteiger partial charge on any atom is -0.357 e. The van der Waals surface area contributed by atoms with Gasteiger partial charge in [-0.3, -0.25) is 19.7 Å². The third-order valence-corrected chi connectivity index (χ3v) is 5.65.